The van der Waals surface area contributed by atoms with Gasteiger partial charge in [-0.2, -0.15) is 23.7 Å². The summed E-state index contributed by atoms with van der Waals surface area (Å²) < 4.78 is 66.6. The minimum Gasteiger partial charge on any atom is -0.269 e. The zero-order valence-corrected chi connectivity index (χ0v) is 15.0. The monoisotopic (exact) mass is 395 g/mol. The Hall–Kier alpha value is -2.26. The molecule has 0 spiro atoms. The van der Waals surface area contributed by atoms with E-state index < -0.39 is 32.1 Å². The molecule has 0 N–H and O–H groups in total. The number of hydrogen-bond donors (Lipinski definition) is 0. The molecule has 0 unspecified atom stereocenters. The number of fused-ring (bicyclic) bond motifs is 5. The molecule has 1 aromatic rings. The fourth-order valence-electron chi connectivity index (χ4n) is 5.47. The van der Waals surface area contributed by atoms with Crippen molar-refractivity contribution in [3.05, 3.63) is 29.3 Å². The van der Waals surface area contributed by atoms with Crippen LogP contribution >= 0.6 is 0 Å². The number of benzene rings is 1. The van der Waals surface area contributed by atoms with E-state index >= 15 is 0 Å². The first-order chi connectivity index (χ1) is 12.7. The standard InChI is InChI=1S/C18H16F3N3O2S/c19-18(20,21)15-8-14(4-2-12(15)9-23)24-10-16-11-1-3-13(7-11)17(16,5-6-22)27(24,25)26/h2,4,8,11,13,16H,1,3,5,7,10H2/t11-,13+,16-,17+/m0/s1. The molecule has 4 rings (SSSR count). The SMILES string of the molecule is N#CC[C@@]12[C@@H]3CC[C@@H](C3)[C@@H]1CN(c1ccc(C#N)c(C(F)(F)F)c1)S2(=O)=O. The summed E-state index contributed by atoms with van der Waals surface area (Å²) in [5.74, 6) is -0.183. The summed E-state index contributed by atoms with van der Waals surface area (Å²) in [6, 6.07) is 6.50. The Bertz CT molecular complexity index is 993. The highest BCUT2D eigenvalue weighted by atomic mass is 32.2. The van der Waals surface area contributed by atoms with Gasteiger partial charge in [0.15, 0.2) is 0 Å². The number of halogens is 3. The first-order valence-corrected chi connectivity index (χ1v) is 10.1. The first kappa shape index (κ1) is 18.1. The Morgan fingerprint density at radius 2 is 2.00 bits per heavy atom. The van der Waals surface area contributed by atoms with Gasteiger partial charge in [-0.05, 0) is 49.3 Å². The number of hydrogen-bond acceptors (Lipinski definition) is 4. The number of sulfonamides is 1. The molecule has 3 fully saturated rings. The van der Waals surface area contributed by atoms with Gasteiger partial charge in [-0.3, -0.25) is 4.31 Å². The fourth-order valence-corrected chi connectivity index (χ4v) is 8.16. The van der Waals surface area contributed by atoms with Gasteiger partial charge in [0.2, 0.25) is 10.0 Å². The van der Waals surface area contributed by atoms with Crippen LogP contribution in [-0.2, 0) is 16.2 Å². The highest BCUT2D eigenvalue weighted by molar-refractivity contribution is 7.94. The largest absolute Gasteiger partial charge is 0.417 e. The summed E-state index contributed by atoms with van der Waals surface area (Å²) in [5, 5.41) is 18.2. The normalized spacial score (nSPS) is 33.5. The van der Waals surface area contributed by atoms with Crippen molar-refractivity contribution < 1.29 is 21.6 Å². The van der Waals surface area contributed by atoms with E-state index in [2.05, 4.69) is 0 Å². The molecule has 5 nitrogen and oxygen atoms in total. The Kier molecular flexibility index (Phi) is 3.77. The van der Waals surface area contributed by atoms with Crippen LogP contribution in [0.4, 0.5) is 18.9 Å². The molecule has 2 aliphatic carbocycles. The average Bonchev–Trinajstić information content (AvgIpc) is 3.25. The van der Waals surface area contributed by atoms with E-state index in [4.69, 9.17) is 5.26 Å². The first-order valence-electron chi connectivity index (χ1n) is 8.67. The minimum absolute atomic E-state index is 0.0903. The lowest BCUT2D eigenvalue weighted by atomic mass is 9.77. The second-order valence-corrected chi connectivity index (χ2v) is 9.69. The molecule has 2 saturated carbocycles. The molecule has 27 heavy (non-hydrogen) atoms. The summed E-state index contributed by atoms with van der Waals surface area (Å²) in [5.41, 5.74) is -1.78. The van der Waals surface area contributed by atoms with Gasteiger partial charge in [-0.25, -0.2) is 8.42 Å². The van der Waals surface area contributed by atoms with E-state index in [-0.39, 0.29) is 36.4 Å². The Labute approximate surface area is 155 Å². The van der Waals surface area contributed by atoms with Crippen LogP contribution in [0.5, 0.6) is 0 Å². The Morgan fingerprint density at radius 3 is 2.63 bits per heavy atom. The van der Waals surface area contributed by atoms with Crippen molar-refractivity contribution in [1.82, 2.24) is 0 Å². The second-order valence-electron chi connectivity index (χ2n) is 7.54. The number of rotatable bonds is 2. The lowest BCUT2D eigenvalue weighted by Gasteiger charge is -2.35. The summed E-state index contributed by atoms with van der Waals surface area (Å²) in [7, 11) is -3.99. The average molecular weight is 395 g/mol. The van der Waals surface area contributed by atoms with Crippen molar-refractivity contribution in [1.29, 1.82) is 10.5 Å². The second kappa shape index (κ2) is 5.62. The third-order valence-corrected chi connectivity index (χ3v) is 9.25. The Morgan fingerprint density at radius 1 is 1.26 bits per heavy atom. The van der Waals surface area contributed by atoms with Gasteiger partial charge in [0.05, 0.1) is 35.4 Å². The third kappa shape index (κ3) is 2.24. The topological polar surface area (TPSA) is 85.0 Å². The van der Waals surface area contributed by atoms with Gasteiger partial charge in [-0.15, -0.1) is 0 Å². The van der Waals surface area contributed by atoms with E-state index in [0.717, 1.165) is 35.7 Å². The highest BCUT2D eigenvalue weighted by Crippen LogP contribution is 2.63. The van der Waals surface area contributed by atoms with Crippen LogP contribution in [-0.4, -0.2) is 19.7 Å². The maximum atomic E-state index is 13.4. The molecule has 1 saturated heterocycles. The van der Waals surface area contributed by atoms with Crippen molar-refractivity contribution in [3.8, 4) is 12.1 Å². The lowest BCUT2D eigenvalue weighted by Crippen LogP contribution is -2.47. The maximum absolute atomic E-state index is 13.4. The van der Waals surface area contributed by atoms with E-state index in [1.165, 1.54) is 12.1 Å². The molecule has 0 radical (unpaired) electrons. The molecule has 2 bridgehead atoms. The highest BCUT2D eigenvalue weighted by Gasteiger charge is 2.70. The molecular weight excluding hydrogens is 379 g/mol. The predicted molar refractivity (Wildman–Crippen MR) is 89.7 cm³/mol. The Balaban J connectivity index is 1.84. The van der Waals surface area contributed by atoms with Crippen molar-refractivity contribution in [2.45, 2.75) is 36.6 Å². The number of nitriles is 2. The van der Waals surface area contributed by atoms with Crippen LogP contribution in [0.1, 0.15) is 36.8 Å². The molecule has 0 amide bonds. The molecule has 1 aliphatic heterocycles. The molecule has 9 heteroatoms. The predicted octanol–water partition coefficient (Wildman–Crippen LogP) is 3.43. The summed E-state index contributed by atoms with van der Waals surface area (Å²) >= 11 is 0. The number of alkyl halides is 3. The van der Waals surface area contributed by atoms with Crippen LogP contribution < -0.4 is 4.31 Å². The van der Waals surface area contributed by atoms with Crippen molar-refractivity contribution >= 4 is 15.7 Å². The molecule has 0 aromatic heterocycles. The van der Waals surface area contributed by atoms with Crippen LogP contribution in [0, 0.1) is 40.4 Å². The molecule has 1 aromatic carbocycles. The lowest BCUT2D eigenvalue weighted by molar-refractivity contribution is -0.137. The summed E-state index contributed by atoms with van der Waals surface area (Å²) in [4.78, 5) is 0. The van der Waals surface area contributed by atoms with Crippen LogP contribution in [0.15, 0.2) is 18.2 Å². The quantitative estimate of drug-likeness (QED) is 0.768. The zero-order chi connectivity index (χ0) is 19.6. The van der Waals surface area contributed by atoms with Gasteiger partial charge in [0.25, 0.3) is 0 Å². The van der Waals surface area contributed by atoms with Crippen LogP contribution in [0.3, 0.4) is 0 Å². The zero-order valence-electron chi connectivity index (χ0n) is 14.2. The number of nitrogens with zero attached hydrogens (tertiary/aromatic N) is 3. The van der Waals surface area contributed by atoms with E-state index in [1.807, 2.05) is 6.07 Å². The molecule has 1 heterocycles. The van der Waals surface area contributed by atoms with Crippen molar-refractivity contribution in [3.63, 3.8) is 0 Å². The van der Waals surface area contributed by atoms with Crippen molar-refractivity contribution in [2.24, 2.45) is 17.8 Å². The van der Waals surface area contributed by atoms with E-state index in [1.54, 1.807) is 0 Å². The van der Waals surface area contributed by atoms with Gasteiger partial charge in [0, 0.05) is 12.5 Å². The smallest absolute Gasteiger partial charge is 0.269 e. The minimum atomic E-state index is -4.76. The van der Waals surface area contributed by atoms with Gasteiger partial charge < -0.3 is 0 Å². The van der Waals surface area contributed by atoms with Gasteiger partial charge in [0.1, 0.15) is 4.75 Å². The maximum Gasteiger partial charge on any atom is 0.417 e. The fraction of sp³-hybridized carbons (Fsp3) is 0.556. The van der Waals surface area contributed by atoms with E-state index in [0.29, 0.717) is 0 Å². The van der Waals surface area contributed by atoms with E-state index in [9.17, 15) is 26.9 Å². The third-order valence-electron chi connectivity index (χ3n) is 6.57. The summed E-state index contributed by atoms with van der Waals surface area (Å²) in [6.07, 6.45) is -2.51. The number of anilines is 1. The molecular formula is C18H16F3N3O2S. The summed E-state index contributed by atoms with van der Waals surface area (Å²) in [6.45, 7) is 0.0916. The van der Waals surface area contributed by atoms with Gasteiger partial charge >= 0.3 is 6.18 Å². The molecule has 3 aliphatic rings. The van der Waals surface area contributed by atoms with Crippen molar-refractivity contribution in [2.75, 3.05) is 10.8 Å². The molecule has 142 valence electrons. The van der Waals surface area contributed by atoms with Crippen LogP contribution in [0.2, 0.25) is 0 Å². The van der Waals surface area contributed by atoms with Crippen LogP contribution in [0.25, 0.3) is 0 Å². The molecule has 4 atom stereocenters. The van der Waals surface area contributed by atoms with Gasteiger partial charge in [-0.1, -0.05) is 0 Å².